The standard InChI is InChI=1S/C12H16FNO3/c1-8(7-14-12(16)9(2)15)17-11-6-4-3-5-10(11)13/h3-6,8-9,15H,7H2,1-2H3,(H,14,16). The van der Waals surface area contributed by atoms with Crippen molar-refractivity contribution >= 4 is 5.91 Å². The Labute approximate surface area is 99.4 Å². The van der Waals surface area contributed by atoms with Gasteiger partial charge in [-0.2, -0.15) is 0 Å². The molecule has 0 radical (unpaired) electrons. The van der Waals surface area contributed by atoms with Gasteiger partial charge in [0.2, 0.25) is 5.91 Å². The Hall–Kier alpha value is -1.62. The zero-order valence-electron chi connectivity index (χ0n) is 9.81. The number of halogens is 1. The summed E-state index contributed by atoms with van der Waals surface area (Å²) in [6.45, 7) is 3.28. The predicted molar refractivity (Wildman–Crippen MR) is 61.2 cm³/mol. The Balaban J connectivity index is 2.43. The number of hydrogen-bond donors (Lipinski definition) is 2. The lowest BCUT2D eigenvalue weighted by atomic mass is 10.3. The number of benzene rings is 1. The van der Waals surface area contributed by atoms with Gasteiger partial charge in [-0.1, -0.05) is 12.1 Å². The van der Waals surface area contributed by atoms with Gasteiger partial charge in [0.05, 0.1) is 6.54 Å². The summed E-state index contributed by atoms with van der Waals surface area (Å²) in [7, 11) is 0. The van der Waals surface area contributed by atoms with Gasteiger partial charge < -0.3 is 15.2 Å². The van der Waals surface area contributed by atoms with E-state index in [1.54, 1.807) is 19.1 Å². The van der Waals surface area contributed by atoms with Gasteiger partial charge in [-0.3, -0.25) is 4.79 Å². The van der Waals surface area contributed by atoms with Crippen molar-refractivity contribution in [2.24, 2.45) is 0 Å². The van der Waals surface area contributed by atoms with E-state index in [1.165, 1.54) is 19.1 Å². The molecular weight excluding hydrogens is 225 g/mol. The van der Waals surface area contributed by atoms with Crippen LogP contribution >= 0.6 is 0 Å². The van der Waals surface area contributed by atoms with Crippen LogP contribution in [0.3, 0.4) is 0 Å². The highest BCUT2D eigenvalue weighted by atomic mass is 19.1. The summed E-state index contributed by atoms with van der Waals surface area (Å²) in [6, 6.07) is 6.06. The smallest absolute Gasteiger partial charge is 0.248 e. The van der Waals surface area contributed by atoms with Crippen LogP contribution in [0.25, 0.3) is 0 Å². The lowest BCUT2D eigenvalue weighted by Crippen LogP contribution is -2.38. The number of aliphatic hydroxyl groups excluding tert-OH is 1. The predicted octanol–water partition coefficient (Wildman–Crippen LogP) is 1.09. The SMILES string of the molecule is CC(CNC(=O)C(C)O)Oc1ccccc1F. The monoisotopic (exact) mass is 241 g/mol. The molecule has 0 bridgehead atoms. The Morgan fingerprint density at radius 1 is 1.47 bits per heavy atom. The van der Waals surface area contributed by atoms with Crippen LogP contribution in [0.2, 0.25) is 0 Å². The second-order valence-electron chi connectivity index (χ2n) is 3.78. The van der Waals surface area contributed by atoms with E-state index in [0.717, 1.165) is 0 Å². The first kappa shape index (κ1) is 13.4. The second kappa shape index (κ2) is 6.20. The fraction of sp³-hybridized carbons (Fsp3) is 0.417. The lowest BCUT2D eigenvalue weighted by Gasteiger charge is -2.16. The van der Waals surface area contributed by atoms with Crippen molar-refractivity contribution in [1.82, 2.24) is 5.32 Å². The molecule has 0 aliphatic heterocycles. The number of nitrogens with one attached hydrogen (secondary N) is 1. The van der Waals surface area contributed by atoms with Gasteiger partial charge in [0.15, 0.2) is 11.6 Å². The second-order valence-corrected chi connectivity index (χ2v) is 3.78. The topological polar surface area (TPSA) is 58.6 Å². The van der Waals surface area contributed by atoms with Crippen molar-refractivity contribution in [2.45, 2.75) is 26.1 Å². The fourth-order valence-electron chi connectivity index (χ4n) is 1.19. The van der Waals surface area contributed by atoms with Crippen molar-refractivity contribution in [2.75, 3.05) is 6.54 Å². The average Bonchev–Trinajstić information content (AvgIpc) is 2.29. The molecule has 0 aliphatic rings. The molecule has 2 N–H and O–H groups in total. The molecule has 5 heteroatoms. The Bertz CT molecular complexity index is 382. The minimum absolute atomic E-state index is 0.145. The molecule has 0 saturated heterocycles. The van der Waals surface area contributed by atoms with Crippen LogP contribution in [0.4, 0.5) is 4.39 Å². The summed E-state index contributed by atoms with van der Waals surface area (Å²) in [5.41, 5.74) is 0. The number of rotatable bonds is 5. The average molecular weight is 241 g/mol. The molecule has 1 rings (SSSR count). The normalized spacial score (nSPS) is 13.9. The van der Waals surface area contributed by atoms with E-state index in [1.807, 2.05) is 0 Å². The minimum atomic E-state index is -1.06. The zero-order chi connectivity index (χ0) is 12.8. The van der Waals surface area contributed by atoms with E-state index in [2.05, 4.69) is 5.32 Å². The highest BCUT2D eigenvalue weighted by Gasteiger charge is 2.12. The first-order valence-corrected chi connectivity index (χ1v) is 5.37. The van der Waals surface area contributed by atoms with Crippen LogP contribution in [-0.2, 0) is 4.79 Å². The summed E-state index contributed by atoms with van der Waals surface area (Å²) in [5.74, 6) is -0.776. The summed E-state index contributed by atoms with van der Waals surface area (Å²) < 4.78 is 18.5. The van der Waals surface area contributed by atoms with Crippen molar-refractivity contribution in [3.8, 4) is 5.75 Å². The number of hydrogen-bond acceptors (Lipinski definition) is 3. The maximum Gasteiger partial charge on any atom is 0.248 e. The van der Waals surface area contributed by atoms with Crippen molar-refractivity contribution < 1.29 is 19.0 Å². The molecule has 0 fully saturated rings. The summed E-state index contributed by atoms with van der Waals surface area (Å²) in [4.78, 5) is 11.1. The van der Waals surface area contributed by atoms with Crippen molar-refractivity contribution in [3.05, 3.63) is 30.1 Å². The van der Waals surface area contributed by atoms with E-state index in [0.29, 0.717) is 0 Å². The molecule has 0 saturated carbocycles. The molecule has 1 aromatic carbocycles. The van der Waals surface area contributed by atoms with Gasteiger partial charge in [0, 0.05) is 0 Å². The van der Waals surface area contributed by atoms with E-state index < -0.39 is 17.8 Å². The number of ether oxygens (including phenoxy) is 1. The number of aliphatic hydroxyl groups is 1. The molecule has 94 valence electrons. The van der Waals surface area contributed by atoms with Crippen LogP contribution in [-0.4, -0.2) is 29.8 Å². The third-order valence-corrected chi connectivity index (χ3v) is 2.11. The number of para-hydroxylation sites is 1. The van der Waals surface area contributed by atoms with Gasteiger partial charge in [-0.05, 0) is 26.0 Å². The molecule has 0 heterocycles. The number of carbonyl (C=O) groups excluding carboxylic acids is 1. The lowest BCUT2D eigenvalue weighted by molar-refractivity contribution is -0.128. The Morgan fingerprint density at radius 3 is 2.71 bits per heavy atom. The minimum Gasteiger partial charge on any atom is -0.486 e. The Morgan fingerprint density at radius 2 is 2.12 bits per heavy atom. The molecule has 0 aliphatic carbocycles. The maximum atomic E-state index is 13.2. The zero-order valence-corrected chi connectivity index (χ0v) is 9.81. The van der Waals surface area contributed by atoms with Crippen LogP contribution in [0.1, 0.15) is 13.8 Å². The van der Waals surface area contributed by atoms with Gasteiger partial charge >= 0.3 is 0 Å². The summed E-state index contributed by atoms with van der Waals surface area (Å²) in [6.07, 6.45) is -1.44. The van der Waals surface area contributed by atoms with Gasteiger partial charge in [-0.25, -0.2) is 4.39 Å². The molecule has 17 heavy (non-hydrogen) atoms. The molecule has 4 nitrogen and oxygen atoms in total. The fourth-order valence-corrected chi connectivity index (χ4v) is 1.19. The third kappa shape index (κ3) is 4.40. The molecule has 2 unspecified atom stereocenters. The van der Waals surface area contributed by atoms with Crippen LogP contribution in [0.15, 0.2) is 24.3 Å². The molecule has 0 aromatic heterocycles. The number of amides is 1. The van der Waals surface area contributed by atoms with Crippen LogP contribution in [0, 0.1) is 5.82 Å². The molecule has 0 spiro atoms. The van der Waals surface area contributed by atoms with Gasteiger partial charge in [0.25, 0.3) is 0 Å². The highest BCUT2D eigenvalue weighted by Crippen LogP contribution is 2.16. The summed E-state index contributed by atoms with van der Waals surface area (Å²) in [5, 5.41) is 11.4. The molecule has 1 amide bonds. The van der Waals surface area contributed by atoms with E-state index >= 15 is 0 Å². The van der Waals surface area contributed by atoms with Crippen LogP contribution < -0.4 is 10.1 Å². The van der Waals surface area contributed by atoms with Crippen molar-refractivity contribution in [1.29, 1.82) is 0 Å². The quantitative estimate of drug-likeness (QED) is 0.811. The van der Waals surface area contributed by atoms with E-state index in [4.69, 9.17) is 9.84 Å². The van der Waals surface area contributed by atoms with Gasteiger partial charge in [0.1, 0.15) is 12.2 Å². The Kier molecular flexibility index (Phi) is 4.90. The first-order valence-electron chi connectivity index (χ1n) is 5.37. The third-order valence-electron chi connectivity index (χ3n) is 2.11. The first-order chi connectivity index (χ1) is 8.00. The molecule has 2 atom stereocenters. The maximum absolute atomic E-state index is 13.2. The summed E-state index contributed by atoms with van der Waals surface area (Å²) >= 11 is 0. The van der Waals surface area contributed by atoms with Gasteiger partial charge in [-0.15, -0.1) is 0 Å². The highest BCUT2D eigenvalue weighted by molar-refractivity contribution is 5.79. The number of carbonyl (C=O) groups is 1. The largest absolute Gasteiger partial charge is 0.486 e. The van der Waals surface area contributed by atoms with Crippen LogP contribution in [0.5, 0.6) is 5.75 Å². The van der Waals surface area contributed by atoms with Crippen molar-refractivity contribution in [3.63, 3.8) is 0 Å². The molecule has 1 aromatic rings. The van der Waals surface area contributed by atoms with E-state index in [9.17, 15) is 9.18 Å². The van der Waals surface area contributed by atoms with E-state index in [-0.39, 0.29) is 18.4 Å². The molecular formula is C12H16FNO3.